The van der Waals surface area contributed by atoms with Gasteiger partial charge in [-0.2, -0.15) is 0 Å². The van der Waals surface area contributed by atoms with E-state index in [0.29, 0.717) is 58.5 Å². The van der Waals surface area contributed by atoms with Crippen LogP contribution in [0, 0.1) is 0 Å². The summed E-state index contributed by atoms with van der Waals surface area (Å²) in [5.74, 6) is 2.21. The largest absolute Gasteiger partial charge is 0.493 e. The van der Waals surface area contributed by atoms with E-state index in [2.05, 4.69) is 15.1 Å². The third kappa shape index (κ3) is 5.83. The normalized spacial score (nSPS) is 13.5. The number of nitrogens with zero attached hydrogens (tertiary/aromatic N) is 4. The van der Waals surface area contributed by atoms with Gasteiger partial charge in [0, 0.05) is 37.8 Å². The molecule has 4 rings (SSSR count). The highest BCUT2D eigenvalue weighted by molar-refractivity contribution is 6.43. The van der Waals surface area contributed by atoms with Crippen molar-refractivity contribution in [2.45, 2.75) is 0 Å². The number of carbonyl (C=O) groups excluding carboxylic acids is 1. The minimum atomic E-state index is -0.141. The van der Waals surface area contributed by atoms with Crippen LogP contribution < -0.4 is 19.1 Å². The number of piperazine rings is 1. The molecule has 1 aromatic heterocycles. The highest BCUT2D eigenvalue weighted by Gasteiger charge is 2.23. The molecule has 0 unspecified atom stereocenters. The summed E-state index contributed by atoms with van der Waals surface area (Å²) >= 11 is 18.0. The zero-order valence-electron chi connectivity index (χ0n) is 19.1. The van der Waals surface area contributed by atoms with Crippen molar-refractivity contribution in [2.75, 3.05) is 51.9 Å². The van der Waals surface area contributed by atoms with E-state index in [-0.39, 0.29) is 12.5 Å². The first-order chi connectivity index (χ1) is 16.9. The number of hydrogen-bond acceptors (Lipinski definition) is 7. The second-order valence-corrected chi connectivity index (χ2v) is 8.92. The molecule has 0 atom stereocenters. The van der Waals surface area contributed by atoms with Gasteiger partial charge in [0.2, 0.25) is 0 Å². The molecule has 1 amide bonds. The number of halogens is 3. The zero-order chi connectivity index (χ0) is 24.9. The summed E-state index contributed by atoms with van der Waals surface area (Å²) in [6.07, 6.45) is 0. The minimum Gasteiger partial charge on any atom is -0.493 e. The minimum absolute atomic E-state index is 0.137. The Balaban J connectivity index is 1.32. The van der Waals surface area contributed by atoms with Gasteiger partial charge in [-0.1, -0.05) is 34.8 Å². The quantitative estimate of drug-likeness (QED) is 0.399. The van der Waals surface area contributed by atoms with Crippen molar-refractivity contribution in [2.24, 2.45) is 0 Å². The van der Waals surface area contributed by atoms with Crippen LogP contribution in [0.25, 0.3) is 11.3 Å². The summed E-state index contributed by atoms with van der Waals surface area (Å²) in [5.41, 5.74) is 1.60. The van der Waals surface area contributed by atoms with E-state index in [0.717, 1.165) is 17.1 Å². The third-order valence-corrected chi connectivity index (χ3v) is 6.63. The number of carbonyl (C=O) groups is 1. The van der Waals surface area contributed by atoms with Gasteiger partial charge in [0.15, 0.2) is 23.9 Å². The maximum absolute atomic E-state index is 12.6. The number of rotatable bonds is 7. The van der Waals surface area contributed by atoms with Gasteiger partial charge in [-0.05, 0) is 36.4 Å². The molecule has 0 aliphatic carbocycles. The maximum Gasteiger partial charge on any atom is 0.260 e. The Morgan fingerprint density at radius 2 is 1.54 bits per heavy atom. The van der Waals surface area contributed by atoms with E-state index >= 15 is 0 Å². The Morgan fingerprint density at radius 1 is 0.829 bits per heavy atom. The van der Waals surface area contributed by atoms with Crippen molar-refractivity contribution >= 4 is 46.5 Å². The summed E-state index contributed by atoms with van der Waals surface area (Å²) < 4.78 is 16.2. The molecule has 0 saturated carbocycles. The van der Waals surface area contributed by atoms with Crippen molar-refractivity contribution in [3.8, 4) is 28.5 Å². The molecule has 0 spiro atoms. The number of amides is 1. The van der Waals surface area contributed by atoms with Gasteiger partial charge in [-0.15, -0.1) is 10.2 Å². The van der Waals surface area contributed by atoms with Crippen LogP contribution >= 0.6 is 34.8 Å². The molecule has 0 radical (unpaired) electrons. The van der Waals surface area contributed by atoms with Gasteiger partial charge < -0.3 is 24.0 Å². The fourth-order valence-corrected chi connectivity index (χ4v) is 4.27. The van der Waals surface area contributed by atoms with Crippen molar-refractivity contribution in [1.82, 2.24) is 15.1 Å². The molecule has 2 heterocycles. The third-order valence-electron chi connectivity index (χ3n) is 5.61. The zero-order valence-corrected chi connectivity index (χ0v) is 21.4. The van der Waals surface area contributed by atoms with Crippen molar-refractivity contribution in [1.29, 1.82) is 0 Å². The molecule has 1 fully saturated rings. The highest BCUT2D eigenvalue weighted by atomic mass is 35.5. The van der Waals surface area contributed by atoms with E-state index in [1.165, 1.54) is 12.1 Å². The Bertz CT molecular complexity index is 1200. The Morgan fingerprint density at radius 3 is 2.20 bits per heavy atom. The lowest BCUT2D eigenvalue weighted by Crippen LogP contribution is -2.50. The molecule has 8 nitrogen and oxygen atoms in total. The molecule has 35 heavy (non-hydrogen) atoms. The maximum atomic E-state index is 12.6. The topological polar surface area (TPSA) is 77.0 Å². The number of aromatic nitrogens is 2. The second kappa shape index (κ2) is 11.2. The van der Waals surface area contributed by atoms with E-state index in [1.807, 2.05) is 30.3 Å². The van der Waals surface area contributed by atoms with Gasteiger partial charge in [-0.25, -0.2) is 0 Å². The van der Waals surface area contributed by atoms with E-state index in [4.69, 9.17) is 49.0 Å². The molecule has 2 aromatic carbocycles. The van der Waals surface area contributed by atoms with Crippen molar-refractivity contribution < 1.29 is 19.0 Å². The number of methoxy groups -OCH3 is 2. The monoisotopic (exact) mass is 536 g/mol. The molecule has 1 aliphatic rings. The van der Waals surface area contributed by atoms with E-state index in [9.17, 15) is 4.79 Å². The lowest BCUT2D eigenvalue weighted by Gasteiger charge is -2.35. The fourth-order valence-electron chi connectivity index (χ4n) is 3.67. The highest BCUT2D eigenvalue weighted by Crippen LogP contribution is 2.34. The van der Waals surface area contributed by atoms with Crippen LogP contribution in [0.3, 0.4) is 0 Å². The summed E-state index contributed by atoms with van der Waals surface area (Å²) in [6.45, 7) is 2.19. The standard InChI is InChI=1S/C24H23Cl3N4O4/c1-33-20-5-3-15(11-22(20)34-2)19-4-6-23(29-28-19)30-7-9-31(10-8-30)24(32)14-35-21-13-17(26)16(25)12-18(21)27/h3-6,11-13H,7-10,14H2,1-2H3. The number of hydrogen-bond donors (Lipinski definition) is 0. The molecule has 0 N–H and O–H groups in total. The molecular formula is C24H23Cl3N4O4. The van der Waals surface area contributed by atoms with E-state index < -0.39 is 0 Å². The smallest absolute Gasteiger partial charge is 0.260 e. The average molecular weight is 538 g/mol. The van der Waals surface area contributed by atoms with Crippen LogP contribution in [-0.4, -0.2) is 68.0 Å². The lowest BCUT2D eigenvalue weighted by molar-refractivity contribution is -0.133. The summed E-state index contributed by atoms with van der Waals surface area (Å²) in [4.78, 5) is 16.4. The Hall–Kier alpha value is -2.94. The summed E-state index contributed by atoms with van der Waals surface area (Å²) in [6, 6.07) is 12.4. The van der Waals surface area contributed by atoms with Crippen LogP contribution in [0.4, 0.5) is 5.82 Å². The first-order valence-electron chi connectivity index (χ1n) is 10.8. The first-order valence-corrected chi connectivity index (χ1v) is 11.9. The van der Waals surface area contributed by atoms with E-state index in [1.54, 1.807) is 19.1 Å². The second-order valence-electron chi connectivity index (χ2n) is 7.70. The van der Waals surface area contributed by atoms with Gasteiger partial charge in [0.1, 0.15) is 5.75 Å². The van der Waals surface area contributed by atoms with Crippen molar-refractivity contribution in [3.05, 3.63) is 57.5 Å². The number of benzene rings is 2. The molecular weight excluding hydrogens is 515 g/mol. The molecule has 184 valence electrons. The van der Waals surface area contributed by atoms with Gasteiger partial charge >= 0.3 is 0 Å². The molecule has 1 saturated heterocycles. The van der Waals surface area contributed by atoms with Crippen LogP contribution in [0.2, 0.25) is 15.1 Å². The number of ether oxygens (including phenoxy) is 3. The molecule has 1 aliphatic heterocycles. The SMILES string of the molecule is COc1ccc(-c2ccc(N3CCN(C(=O)COc4cc(Cl)c(Cl)cc4Cl)CC3)nn2)cc1OC. The average Bonchev–Trinajstić information content (AvgIpc) is 2.89. The molecule has 3 aromatic rings. The van der Waals surface area contributed by atoms with Crippen LogP contribution in [0.5, 0.6) is 17.2 Å². The van der Waals surface area contributed by atoms with Crippen molar-refractivity contribution in [3.63, 3.8) is 0 Å². The van der Waals surface area contributed by atoms with Crippen LogP contribution in [-0.2, 0) is 4.79 Å². The number of anilines is 1. The van der Waals surface area contributed by atoms with Gasteiger partial charge in [0.05, 0.1) is 35.0 Å². The molecule has 0 bridgehead atoms. The fraction of sp³-hybridized carbons (Fsp3) is 0.292. The molecule has 11 heteroatoms. The van der Waals surface area contributed by atoms with Crippen LogP contribution in [0.15, 0.2) is 42.5 Å². The van der Waals surface area contributed by atoms with Gasteiger partial charge in [-0.3, -0.25) is 4.79 Å². The predicted octanol–water partition coefficient (Wildman–Crippen LogP) is 4.85. The Kier molecular flexibility index (Phi) is 8.05. The lowest BCUT2D eigenvalue weighted by atomic mass is 10.1. The van der Waals surface area contributed by atoms with Crippen LogP contribution in [0.1, 0.15) is 0 Å². The first kappa shape index (κ1) is 25.2. The summed E-state index contributed by atoms with van der Waals surface area (Å²) in [5, 5.41) is 9.69. The summed E-state index contributed by atoms with van der Waals surface area (Å²) in [7, 11) is 3.19. The Labute approximate surface area is 218 Å². The van der Waals surface area contributed by atoms with Gasteiger partial charge in [0.25, 0.3) is 5.91 Å². The predicted molar refractivity (Wildman–Crippen MR) is 136 cm³/mol.